The van der Waals surface area contributed by atoms with Gasteiger partial charge < -0.3 is 21.1 Å². The van der Waals surface area contributed by atoms with Gasteiger partial charge in [0, 0.05) is 5.75 Å². The summed E-state index contributed by atoms with van der Waals surface area (Å²) in [5, 5.41) is 25.8. The quantitative estimate of drug-likeness (QED) is 0.396. The predicted octanol–water partition coefficient (Wildman–Crippen LogP) is -1.13. The Kier molecular flexibility index (Phi) is 6.97. The van der Waals surface area contributed by atoms with Crippen LogP contribution in [0.4, 0.5) is 0 Å². The molecule has 0 aliphatic carbocycles. The minimum Gasteiger partial charge on any atom is -0.480 e. The van der Waals surface area contributed by atoms with Crippen LogP contribution in [0.1, 0.15) is 6.42 Å². The van der Waals surface area contributed by atoms with E-state index in [-0.39, 0.29) is 6.61 Å². The zero-order chi connectivity index (χ0) is 10.3. The summed E-state index contributed by atoms with van der Waals surface area (Å²) in [6.45, 7) is -0.258. The Labute approximate surface area is 80.9 Å². The van der Waals surface area contributed by atoms with Gasteiger partial charge in [0.15, 0.2) is 0 Å². The van der Waals surface area contributed by atoms with Gasteiger partial charge in [0.05, 0.1) is 12.7 Å². The van der Waals surface area contributed by atoms with Crippen LogP contribution in [0, 0.1) is 0 Å². The highest BCUT2D eigenvalue weighted by Gasteiger charge is 2.11. The van der Waals surface area contributed by atoms with E-state index in [0.29, 0.717) is 17.9 Å². The fraction of sp³-hybridized carbons (Fsp3) is 0.857. The van der Waals surface area contributed by atoms with E-state index in [1.807, 2.05) is 0 Å². The van der Waals surface area contributed by atoms with Gasteiger partial charge in [0.2, 0.25) is 0 Å². The lowest BCUT2D eigenvalue weighted by atomic mass is 10.3. The van der Waals surface area contributed by atoms with Gasteiger partial charge in [-0.1, -0.05) is 0 Å². The molecule has 13 heavy (non-hydrogen) atoms. The van der Waals surface area contributed by atoms with E-state index in [1.54, 1.807) is 0 Å². The fourth-order valence-corrected chi connectivity index (χ4v) is 1.59. The van der Waals surface area contributed by atoms with Crippen molar-refractivity contribution < 1.29 is 20.1 Å². The van der Waals surface area contributed by atoms with Crippen molar-refractivity contribution in [3.05, 3.63) is 0 Å². The number of rotatable bonds is 7. The summed E-state index contributed by atoms with van der Waals surface area (Å²) < 4.78 is 0. The summed E-state index contributed by atoms with van der Waals surface area (Å²) in [6, 6.07) is -0.851. The van der Waals surface area contributed by atoms with E-state index in [2.05, 4.69) is 0 Å². The molecule has 0 aromatic carbocycles. The van der Waals surface area contributed by atoms with Crippen molar-refractivity contribution in [2.45, 2.75) is 18.6 Å². The number of carboxylic acids is 1. The van der Waals surface area contributed by atoms with Crippen molar-refractivity contribution in [1.29, 1.82) is 0 Å². The number of carbonyl (C=O) groups is 1. The van der Waals surface area contributed by atoms with Gasteiger partial charge in [-0.05, 0) is 12.2 Å². The average Bonchev–Trinajstić information content (AvgIpc) is 2.11. The summed E-state index contributed by atoms with van der Waals surface area (Å²) in [5.41, 5.74) is 5.23. The molecule has 0 bridgehead atoms. The molecule has 0 fully saturated rings. The summed E-state index contributed by atoms with van der Waals surface area (Å²) in [7, 11) is 0. The first-order valence-electron chi connectivity index (χ1n) is 3.93. The third kappa shape index (κ3) is 6.83. The van der Waals surface area contributed by atoms with Crippen molar-refractivity contribution in [3.8, 4) is 0 Å². The maximum absolute atomic E-state index is 10.3. The minimum atomic E-state index is -1.02. The van der Waals surface area contributed by atoms with Crippen LogP contribution in [0.5, 0.6) is 0 Å². The van der Waals surface area contributed by atoms with Crippen LogP contribution < -0.4 is 5.73 Å². The molecule has 0 amide bonds. The minimum absolute atomic E-state index is 0.258. The normalized spacial score (nSPS) is 15.3. The smallest absolute Gasteiger partial charge is 0.321 e. The number of thioether (sulfide) groups is 1. The Balaban J connectivity index is 3.30. The van der Waals surface area contributed by atoms with Crippen molar-refractivity contribution in [1.82, 2.24) is 0 Å². The highest BCUT2D eigenvalue weighted by Crippen LogP contribution is 2.06. The van der Waals surface area contributed by atoms with E-state index >= 15 is 0 Å². The zero-order valence-electron chi connectivity index (χ0n) is 7.22. The number of aliphatic carboxylic acids is 1. The van der Waals surface area contributed by atoms with E-state index < -0.39 is 18.1 Å². The molecule has 2 atom stereocenters. The molecule has 0 saturated heterocycles. The molecule has 0 saturated carbocycles. The Bertz CT molecular complexity index is 155. The molecule has 0 aromatic heterocycles. The molecule has 0 heterocycles. The van der Waals surface area contributed by atoms with Crippen LogP contribution >= 0.6 is 11.8 Å². The van der Waals surface area contributed by atoms with Crippen LogP contribution in [-0.4, -0.2) is 51.5 Å². The van der Waals surface area contributed by atoms with Gasteiger partial charge in [-0.25, -0.2) is 0 Å². The summed E-state index contributed by atoms with van der Waals surface area (Å²) in [6.07, 6.45) is -0.262. The standard InChI is InChI=1S/C7H15NO4S/c8-6(7(11)12)4-13-2-1-5(10)3-9/h5-6,9-10H,1-4,8H2,(H,11,12)/t5?,6-/m0/s1. The van der Waals surface area contributed by atoms with Crippen molar-refractivity contribution >= 4 is 17.7 Å². The third-order valence-corrected chi connectivity index (χ3v) is 2.54. The van der Waals surface area contributed by atoms with Crippen LogP contribution in [-0.2, 0) is 4.79 Å². The molecular formula is C7H15NO4S. The van der Waals surface area contributed by atoms with E-state index in [1.165, 1.54) is 11.8 Å². The predicted molar refractivity (Wildman–Crippen MR) is 50.6 cm³/mol. The number of hydrogen-bond donors (Lipinski definition) is 4. The number of carboxylic acid groups (broad SMARTS) is 1. The van der Waals surface area contributed by atoms with E-state index in [0.717, 1.165) is 0 Å². The molecule has 78 valence electrons. The first-order valence-corrected chi connectivity index (χ1v) is 5.08. The second-order valence-corrected chi connectivity index (χ2v) is 3.79. The molecule has 1 unspecified atom stereocenters. The molecule has 0 rings (SSSR count). The lowest BCUT2D eigenvalue weighted by Gasteiger charge is -2.08. The second-order valence-electron chi connectivity index (χ2n) is 2.64. The van der Waals surface area contributed by atoms with Crippen LogP contribution in [0.25, 0.3) is 0 Å². The molecular weight excluding hydrogens is 194 g/mol. The number of aliphatic hydroxyl groups is 2. The number of hydrogen-bond acceptors (Lipinski definition) is 5. The Morgan fingerprint density at radius 2 is 2.15 bits per heavy atom. The largest absolute Gasteiger partial charge is 0.480 e. The van der Waals surface area contributed by atoms with Gasteiger partial charge >= 0.3 is 5.97 Å². The average molecular weight is 209 g/mol. The van der Waals surface area contributed by atoms with E-state index in [4.69, 9.17) is 21.1 Å². The molecule has 0 radical (unpaired) electrons. The summed E-state index contributed by atoms with van der Waals surface area (Å²) in [5.74, 6) is -0.0916. The maximum atomic E-state index is 10.3. The molecule has 0 spiro atoms. The molecule has 6 heteroatoms. The highest BCUT2D eigenvalue weighted by molar-refractivity contribution is 7.99. The first kappa shape index (κ1) is 12.7. The van der Waals surface area contributed by atoms with Crippen molar-refractivity contribution in [3.63, 3.8) is 0 Å². The lowest BCUT2D eigenvalue weighted by molar-refractivity contribution is -0.137. The van der Waals surface area contributed by atoms with Crippen LogP contribution in [0.3, 0.4) is 0 Å². The Morgan fingerprint density at radius 1 is 1.54 bits per heavy atom. The van der Waals surface area contributed by atoms with Crippen molar-refractivity contribution in [2.75, 3.05) is 18.1 Å². The molecule has 0 aliphatic heterocycles. The van der Waals surface area contributed by atoms with Gasteiger partial charge in [-0.3, -0.25) is 4.79 Å². The van der Waals surface area contributed by atoms with Gasteiger partial charge in [0.1, 0.15) is 6.04 Å². The topological polar surface area (TPSA) is 104 Å². The molecule has 0 aromatic rings. The summed E-state index contributed by atoms with van der Waals surface area (Å²) >= 11 is 1.36. The lowest BCUT2D eigenvalue weighted by Crippen LogP contribution is -2.32. The van der Waals surface area contributed by atoms with Gasteiger partial charge in [-0.15, -0.1) is 0 Å². The monoisotopic (exact) mass is 209 g/mol. The molecule has 0 aliphatic rings. The first-order chi connectivity index (χ1) is 6.07. The second kappa shape index (κ2) is 7.14. The van der Waals surface area contributed by atoms with Crippen molar-refractivity contribution in [2.24, 2.45) is 5.73 Å². The summed E-state index contributed by atoms with van der Waals surface area (Å²) in [4.78, 5) is 10.3. The Hall–Kier alpha value is -0.300. The van der Waals surface area contributed by atoms with Crippen LogP contribution in [0.2, 0.25) is 0 Å². The number of aliphatic hydroxyl groups excluding tert-OH is 2. The number of nitrogens with two attached hydrogens (primary N) is 1. The third-order valence-electron chi connectivity index (χ3n) is 1.42. The molecule has 5 N–H and O–H groups in total. The van der Waals surface area contributed by atoms with Crippen LogP contribution in [0.15, 0.2) is 0 Å². The van der Waals surface area contributed by atoms with E-state index in [9.17, 15) is 4.79 Å². The SMILES string of the molecule is N[C@@H](CSCCC(O)CO)C(=O)O. The Morgan fingerprint density at radius 3 is 2.62 bits per heavy atom. The zero-order valence-corrected chi connectivity index (χ0v) is 8.04. The highest BCUT2D eigenvalue weighted by atomic mass is 32.2. The molecule has 5 nitrogen and oxygen atoms in total. The maximum Gasteiger partial charge on any atom is 0.321 e. The fourth-order valence-electron chi connectivity index (χ4n) is 0.592. The van der Waals surface area contributed by atoms with Gasteiger partial charge in [0.25, 0.3) is 0 Å². The van der Waals surface area contributed by atoms with Gasteiger partial charge in [-0.2, -0.15) is 11.8 Å².